The number of hydrogen-bond acceptors (Lipinski definition) is 3. The van der Waals surface area contributed by atoms with Crippen molar-refractivity contribution in [3.8, 4) is 0 Å². The van der Waals surface area contributed by atoms with E-state index in [1.165, 1.54) is 30.3 Å². The lowest BCUT2D eigenvalue weighted by molar-refractivity contribution is -0.114. The molecule has 3 aromatic carbocycles. The van der Waals surface area contributed by atoms with Crippen molar-refractivity contribution < 1.29 is 13.2 Å². The molecule has 0 aliphatic rings. The Balaban J connectivity index is 1.98. The molecule has 0 spiro atoms. The van der Waals surface area contributed by atoms with Gasteiger partial charge in [0, 0.05) is 20.8 Å². The summed E-state index contributed by atoms with van der Waals surface area (Å²) in [5.41, 5.74) is 0.622. The molecular weight excluding hydrogens is 455 g/mol. The summed E-state index contributed by atoms with van der Waals surface area (Å²) in [5.74, 6) is -0.553. The number of sulfonamides is 1. The molecular formula is C20H15Cl3N2O3S. The summed E-state index contributed by atoms with van der Waals surface area (Å²) in [4.78, 5) is 12.7. The first-order valence-electron chi connectivity index (χ1n) is 8.35. The minimum atomic E-state index is -4.05. The van der Waals surface area contributed by atoms with Crippen LogP contribution < -0.4 is 9.62 Å². The molecule has 3 rings (SSSR count). The van der Waals surface area contributed by atoms with E-state index in [-0.39, 0.29) is 20.6 Å². The zero-order chi connectivity index (χ0) is 21.0. The summed E-state index contributed by atoms with van der Waals surface area (Å²) in [7, 11) is -4.05. The molecule has 1 amide bonds. The quantitative estimate of drug-likeness (QED) is 0.520. The number of nitrogens with one attached hydrogen (secondary N) is 1. The van der Waals surface area contributed by atoms with E-state index in [1.807, 2.05) is 0 Å². The number of halogens is 3. The summed E-state index contributed by atoms with van der Waals surface area (Å²) < 4.78 is 27.4. The lowest BCUT2D eigenvalue weighted by Gasteiger charge is -2.24. The Morgan fingerprint density at radius 1 is 0.828 bits per heavy atom. The molecule has 9 heteroatoms. The van der Waals surface area contributed by atoms with E-state index in [9.17, 15) is 13.2 Å². The standard InChI is InChI=1S/C20H15Cl3N2O3S/c21-14-5-4-6-17(10-14)24-20(26)13-25(18-11-15(22)9-16(23)12-18)29(27,28)19-7-2-1-3-8-19/h1-12H,13H2,(H,24,26). The largest absolute Gasteiger partial charge is 0.324 e. The van der Waals surface area contributed by atoms with Crippen LogP contribution in [0.5, 0.6) is 0 Å². The molecule has 0 aliphatic heterocycles. The number of nitrogens with zero attached hydrogens (tertiary/aromatic N) is 1. The average molecular weight is 470 g/mol. The normalized spacial score (nSPS) is 11.1. The maximum atomic E-state index is 13.2. The highest BCUT2D eigenvalue weighted by atomic mass is 35.5. The van der Waals surface area contributed by atoms with Crippen LogP contribution >= 0.6 is 34.8 Å². The molecule has 0 radical (unpaired) electrons. The molecule has 3 aromatic rings. The SMILES string of the molecule is O=C(CN(c1cc(Cl)cc(Cl)c1)S(=O)(=O)c1ccccc1)Nc1cccc(Cl)c1. The van der Waals surface area contributed by atoms with Gasteiger partial charge in [0.15, 0.2) is 0 Å². The van der Waals surface area contributed by atoms with Crippen LogP contribution in [0.2, 0.25) is 15.1 Å². The van der Waals surface area contributed by atoms with Crippen LogP contribution in [-0.2, 0) is 14.8 Å². The van der Waals surface area contributed by atoms with Gasteiger partial charge < -0.3 is 5.32 Å². The molecule has 0 aliphatic carbocycles. The molecule has 0 saturated heterocycles. The van der Waals surface area contributed by atoms with Crippen LogP contribution in [0.3, 0.4) is 0 Å². The number of rotatable bonds is 6. The Labute approximate surface area is 183 Å². The van der Waals surface area contributed by atoms with E-state index < -0.39 is 22.5 Å². The molecule has 0 atom stereocenters. The summed E-state index contributed by atoms with van der Waals surface area (Å²) in [5, 5.41) is 3.58. The highest BCUT2D eigenvalue weighted by Gasteiger charge is 2.27. The van der Waals surface area contributed by atoms with Crippen molar-refractivity contribution in [1.29, 1.82) is 0 Å². The van der Waals surface area contributed by atoms with Gasteiger partial charge in [-0.3, -0.25) is 9.10 Å². The molecule has 0 heterocycles. The fraction of sp³-hybridized carbons (Fsp3) is 0.0500. The Morgan fingerprint density at radius 2 is 1.48 bits per heavy atom. The zero-order valence-corrected chi connectivity index (χ0v) is 17.9. The fourth-order valence-corrected chi connectivity index (χ4v) is 4.75. The van der Waals surface area contributed by atoms with Crippen LogP contribution in [0, 0.1) is 0 Å². The molecule has 0 aromatic heterocycles. The van der Waals surface area contributed by atoms with Crippen molar-refractivity contribution in [3.63, 3.8) is 0 Å². The van der Waals surface area contributed by atoms with Gasteiger partial charge in [-0.25, -0.2) is 8.42 Å². The first kappa shape index (κ1) is 21.5. The van der Waals surface area contributed by atoms with E-state index in [0.717, 1.165) is 4.31 Å². The second-order valence-electron chi connectivity index (χ2n) is 6.01. The first-order valence-corrected chi connectivity index (χ1v) is 10.9. The average Bonchev–Trinajstić information content (AvgIpc) is 2.66. The Kier molecular flexibility index (Phi) is 6.70. The van der Waals surface area contributed by atoms with Crippen LogP contribution in [0.4, 0.5) is 11.4 Å². The van der Waals surface area contributed by atoms with Crippen molar-refractivity contribution >= 4 is 62.1 Å². The number of carbonyl (C=O) groups excluding carboxylic acids is 1. The number of carbonyl (C=O) groups is 1. The lowest BCUT2D eigenvalue weighted by atomic mass is 10.3. The van der Waals surface area contributed by atoms with Gasteiger partial charge in [0.05, 0.1) is 10.6 Å². The first-order chi connectivity index (χ1) is 13.8. The number of anilines is 2. The molecule has 5 nitrogen and oxygen atoms in total. The lowest BCUT2D eigenvalue weighted by Crippen LogP contribution is -2.38. The smallest absolute Gasteiger partial charge is 0.264 e. The Morgan fingerprint density at radius 3 is 2.10 bits per heavy atom. The number of amides is 1. The topological polar surface area (TPSA) is 66.5 Å². The number of benzene rings is 3. The van der Waals surface area contributed by atoms with Crippen LogP contribution in [0.15, 0.2) is 77.7 Å². The number of hydrogen-bond donors (Lipinski definition) is 1. The van der Waals surface area contributed by atoms with Crippen molar-refractivity contribution in [2.24, 2.45) is 0 Å². The molecule has 0 bridgehead atoms. The van der Waals surface area contributed by atoms with Crippen molar-refractivity contribution in [3.05, 3.63) is 87.9 Å². The summed E-state index contributed by atoms with van der Waals surface area (Å²) >= 11 is 18.0. The summed E-state index contributed by atoms with van der Waals surface area (Å²) in [6.07, 6.45) is 0. The van der Waals surface area contributed by atoms with Crippen molar-refractivity contribution in [2.75, 3.05) is 16.2 Å². The highest BCUT2D eigenvalue weighted by molar-refractivity contribution is 7.92. The third-order valence-corrected chi connectivity index (χ3v) is 6.32. The Bertz CT molecular complexity index is 1120. The van der Waals surface area contributed by atoms with Crippen molar-refractivity contribution in [1.82, 2.24) is 0 Å². The maximum absolute atomic E-state index is 13.2. The summed E-state index contributed by atoms with van der Waals surface area (Å²) in [6.45, 7) is -0.486. The second-order valence-corrected chi connectivity index (χ2v) is 9.18. The van der Waals surface area contributed by atoms with Gasteiger partial charge in [0.25, 0.3) is 10.0 Å². The van der Waals surface area contributed by atoms with Gasteiger partial charge in [0.2, 0.25) is 5.91 Å². The summed E-state index contributed by atoms with van der Waals surface area (Å²) in [6, 6.07) is 18.7. The van der Waals surface area contributed by atoms with Crippen LogP contribution in [0.1, 0.15) is 0 Å². The van der Waals surface area contributed by atoms with Gasteiger partial charge in [-0.15, -0.1) is 0 Å². The monoisotopic (exact) mass is 468 g/mol. The predicted molar refractivity (Wildman–Crippen MR) is 118 cm³/mol. The van der Waals surface area contributed by atoms with Crippen LogP contribution in [-0.4, -0.2) is 20.9 Å². The van der Waals surface area contributed by atoms with E-state index in [2.05, 4.69) is 5.32 Å². The fourth-order valence-electron chi connectivity index (χ4n) is 2.62. The molecule has 0 fully saturated rings. The van der Waals surface area contributed by atoms with Gasteiger partial charge in [-0.2, -0.15) is 0 Å². The van der Waals surface area contributed by atoms with Gasteiger partial charge in [-0.05, 0) is 48.5 Å². The molecule has 29 heavy (non-hydrogen) atoms. The van der Waals surface area contributed by atoms with Gasteiger partial charge in [-0.1, -0.05) is 59.1 Å². The van der Waals surface area contributed by atoms with E-state index in [4.69, 9.17) is 34.8 Å². The van der Waals surface area contributed by atoms with E-state index >= 15 is 0 Å². The van der Waals surface area contributed by atoms with E-state index in [0.29, 0.717) is 10.7 Å². The van der Waals surface area contributed by atoms with Gasteiger partial charge in [0.1, 0.15) is 6.54 Å². The highest BCUT2D eigenvalue weighted by Crippen LogP contribution is 2.29. The van der Waals surface area contributed by atoms with Gasteiger partial charge >= 0.3 is 0 Å². The third kappa shape index (κ3) is 5.42. The minimum Gasteiger partial charge on any atom is -0.324 e. The maximum Gasteiger partial charge on any atom is 0.264 e. The van der Waals surface area contributed by atoms with Crippen molar-refractivity contribution in [2.45, 2.75) is 4.90 Å². The second kappa shape index (κ2) is 9.05. The predicted octanol–water partition coefficient (Wildman–Crippen LogP) is 5.48. The molecule has 1 N–H and O–H groups in total. The third-order valence-electron chi connectivity index (χ3n) is 3.86. The minimum absolute atomic E-state index is 0.0339. The molecule has 0 unspecified atom stereocenters. The Hall–Kier alpha value is -2.25. The molecule has 0 saturated carbocycles. The van der Waals surface area contributed by atoms with Crippen LogP contribution in [0.25, 0.3) is 0 Å². The molecule has 150 valence electrons. The zero-order valence-electron chi connectivity index (χ0n) is 14.8. The van der Waals surface area contributed by atoms with E-state index in [1.54, 1.807) is 42.5 Å².